The van der Waals surface area contributed by atoms with E-state index in [0.717, 1.165) is 168 Å². The molecule has 0 unspecified atom stereocenters. The number of fused-ring (bicyclic) bond motifs is 8. The number of anilines is 6. The fraction of sp³-hybridized carbons (Fsp3) is 0. The Labute approximate surface area is 560 Å². The first-order valence-corrected chi connectivity index (χ1v) is 33.1. The Morgan fingerprint density at radius 2 is 0.469 bits per heavy atom. The molecule has 15 aromatic carbocycles. The predicted molar refractivity (Wildman–Crippen MR) is 402 cm³/mol. The van der Waals surface area contributed by atoms with Crippen LogP contribution in [-0.2, 0) is 0 Å². The minimum atomic E-state index is -0.262. The van der Waals surface area contributed by atoms with Crippen LogP contribution in [-0.4, -0.2) is 13.4 Å². The molecule has 4 aliphatic heterocycles. The van der Waals surface area contributed by atoms with Crippen molar-refractivity contribution in [2.24, 2.45) is 0 Å². The molecule has 0 spiro atoms. The van der Waals surface area contributed by atoms with Crippen molar-refractivity contribution < 1.29 is 9.47 Å². The highest BCUT2D eigenvalue weighted by Crippen LogP contribution is 2.53. The number of ether oxygens (including phenoxy) is 2. The highest BCUT2D eigenvalue weighted by atomic mass is 16.5. The van der Waals surface area contributed by atoms with E-state index in [1.54, 1.807) is 0 Å². The summed E-state index contributed by atoms with van der Waals surface area (Å²) in [7, 11) is 0. The molecule has 0 fully saturated rings. The molecule has 96 heavy (non-hydrogen) atoms. The second kappa shape index (κ2) is 22.7. The summed E-state index contributed by atoms with van der Waals surface area (Å²) < 4.78 is 15.3. The zero-order valence-electron chi connectivity index (χ0n) is 52.4. The molecule has 0 atom stereocenters. The van der Waals surface area contributed by atoms with Crippen molar-refractivity contribution in [3.63, 3.8) is 0 Å². The fourth-order valence-electron chi connectivity index (χ4n) is 15.7. The third kappa shape index (κ3) is 9.09. The highest BCUT2D eigenvalue weighted by molar-refractivity contribution is 7.02. The number of hydrogen-bond donors (Lipinski definition) is 0. The summed E-state index contributed by atoms with van der Waals surface area (Å²) in [6.07, 6.45) is 0. The molecule has 0 bridgehead atoms. The Morgan fingerprint density at radius 1 is 0.188 bits per heavy atom. The Hall–Kier alpha value is -12.4. The van der Waals surface area contributed by atoms with Gasteiger partial charge in [0.1, 0.15) is 23.0 Å². The lowest BCUT2D eigenvalue weighted by Crippen LogP contribution is -2.63. The van der Waals surface area contributed by atoms with Crippen molar-refractivity contribution in [1.29, 1.82) is 0 Å². The van der Waals surface area contributed by atoms with Crippen molar-refractivity contribution in [2.75, 3.05) is 9.80 Å². The van der Waals surface area contributed by atoms with Gasteiger partial charge in [0.15, 0.2) is 0 Å². The average Bonchev–Trinajstić information content (AvgIpc) is 0.707. The molecule has 6 heteroatoms. The molecule has 19 rings (SSSR count). The van der Waals surface area contributed by atoms with Crippen LogP contribution in [0.3, 0.4) is 0 Å². The van der Waals surface area contributed by atoms with E-state index >= 15 is 0 Å². The van der Waals surface area contributed by atoms with Gasteiger partial charge in [-0.25, -0.2) is 0 Å². The summed E-state index contributed by atoms with van der Waals surface area (Å²) in [5.74, 6) is 3.17. The van der Waals surface area contributed by atoms with Gasteiger partial charge in [-0.3, -0.25) is 0 Å². The molecule has 4 heterocycles. The number of para-hydroxylation sites is 2. The molecular formula is C90H58B2N2O2. The molecule has 0 saturated carbocycles. The van der Waals surface area contributed by atoms with Crippen molar-refractivity contribution in [1.82, 2.24) is 0 Å². The van der Waals surface area contributed by atoms with Crippen LogP contribution in [0.5, 0.6) is 23.0 Å². The molecule has 0 amide bonds. The van der Waals surface area contributed by atoms with E-state index in [1.807, 2.05) is 0 Å². The molecular weight excluding hydrogens is 1160 g/mol. The second-order valence-electron chi connectivity index (χ2n) is 25.4. The first-order valence-electron chi connectivity index (χ1n) is 33.1. The number of nitrogens with zero attached hydrogens (tertiary/aromatic N) is 2. The van der Waals surface area contributed by atoms with Gasteiger partial charge in [0.25, 0.3) is 13.4 Å². The summed E-state index contributed by atoms with van der Waals surface area (Å²) in [6, 6.07) is 129. The Kier molecular flexibility index (Phi) is 13.1. The van der Waals surface area contributed by atoms with Crippen molar-refractivity contribution in [3.8, 4) is 112 Å². The Morgan fingerprint density at radius 3 is 0.781 bits per heavy atom. The van der Waals surface area contributed by atoms with Crippen LogP contribution >= 0.6 is 0 Å². The third-order valence-electron chi connectivity index (χ3n) is 20.0. The van der Waals surface area contributed by atoms with E-state index in [2.05, 4.69) is 362 Å². The van der Waals surface area contributed by atoms with E-state index in [9.17, 15) is 0 Å². The normalized spacial score (nSPS) is 12.7. The maximum Gasteiger partial charge on any atom is 0.256 e. The lowest BCUT2D eigenvalue weighted by Gasteiger charge is -2.43. The highest BCUT2D eigenvalue weighted by Gasteiger charge is 2.48. The Balaban J connectivity index is 0.892. The molecule has 0 N–H and O–H groups in total. The zero-order valence-corrected chi connectivity index (χ0v) is 52.4. The minimum absolute atomic E-state index is 0.262. The van der Waals surface area contributed by atoms with Gasteiger partial charge in [-0.2, -0.15) is 0 Å². The van der Waals surface area contributed by atoms with Gasteiger partial charge in [-0.1, -0.05) is 309 Å². The van der Waals surface area contributed by atoms with Gasteiger partial charge in [0.05, 0.1) is 11.4 Å². The monoisotopic (exact) mass is 1220 g/mol. The standard InChI is InChI=1S/C90H58B2N2O2/c1-9-27-59(28-10-1)67-47-49-75-79(51-67)93(89-71(63-35-17-5-18-36-63)43-25-44-72(89)64-37-19-6-20-38-64)81-53-69(61-31-13-3-14-32-61)55-85-87(81)91(75)77-57-78-84(58-83(77)95-85)96-86-56-70(62-33-15-4-16-34-62)54-82-88(86)92(78)76-50-48-68(60-29-11-2-12-30-60)52-80(76)94(82)90-73(65-39-21-7-22-40-65)45-26-46-74(90)66-41-23-8-24-42-66/h1-58H. The first kappa shape index (κ1) is 55.3. The van der Waals surface area contributed by atoms with Crippen LogP contribution in [0.15, 0.2) is 352 Å². The molecule has 4 aliphatic rings. The number of hydrogen-bond acceptors (Lipinski definition) is 4. The van der Waals surface area contributed by atoms with Crippen LogP contribution in [0.25, 0.3) is 89.0 Å². The minimum Gasteiger partial charge on any atom is -0.458 e. The van der Waals surface area contributed by atoms with Crippen LogP contribution in [0.4, 0.5) is 34.1 Å². The fourth-order valence-corrected chi connectivity index (χ4v) is 15.7. The van der Waals surface area contributed by atoms with Gasteiger partial charge in [-0.05, 0) is 136 Å². The van der Waals surface area contributed by atoms with E-state index in [4.69, 9.17) is 9.47 Å². The van der Waals surface area contributed by atoms with Gasteiger partial charge < -0.3 is 19.3 Å². The smallest absolute Gasteiger partial charge is 0.256 e. The molecule has 446 valence electrons. The van der Waals surface area contributed by atoms with E-state index in [1.165, 1.54) is 10.9 Å². The third-order valence-corrected chi connectivity index (χ3v) is 20.0. The molecule has 0 saturated heterocycles. The molecule has 4 nitrogen and oxygen atoms in total. The summed E-state index contributed by atoms with van der Waals surface area (Å²) in [5, 5.41) is 0. The van der Waals surface area contributed by atoms with Crippen molar-refractivity contribution in [3.05, 3.63) is 352 Å². The average molecular weight is 1220 g/mol. The van der Waals surface area contributed by atoms with Crippen LogP contribution in [0.2, 0.25) is 0 Å². The first-order chi connectivity index (χ1) is 47.6. The zero-order chi connectivity index (χ0) is 63.2. The van der Waals surface area contributed by atoms with Crippen LogP contribution in [0, 0.1) is 0 Å². The Bertz CT molecular complexity index is 5070. The number of rotatable bonds is 10. The summed E-state index contributed by atoms with van der Waals surface area (Å²) in [4.78, 5) is 5.15. The van der Waals surface area contributed by atoms with Gasteiger partial charge in [0, 0.05) is 51.1 Å². The lowest BCUT2D eigenvalue weighted by molar-refractivity contribution is 0.466. The predicted octanol–water partition coefficient (Wildman–Crippen LogP) is 19.8. The second-order valence-corrected chi connectivity index (χ2v) is 25.4. The summed E-state index contributed by atoms with van der Waals surface area (Å²) in [5.41, 5.74) is 31.2. The van der Waals surface area contributed by atoms with Crippen molar-refractivity contribution >= 4 is 80.3 Å². The van der Waals surface area contributed by atoms with Crippen LogP contribution < -0.4 is 52.1 Å². The maximum absolute atomic E-state index is 7.67. The topological polar surface area (TPSA) is 24.9 Å². The largest absolute Gasteiger partial charge is 0.458 e. The summed E-state index contributed by atoms with van der Waals surface area (Å²) >= 11 is 0. The van der Waals surface area contributed by atoms with E-state index in [-0.39, 0.29) is 13.4 Å². The maximum atomic E-state index is 7.67. The number of benzene rings is 15. The van der Waals surface area contributed by atoms with Gasteiger partial charge in [0.2, 0.25) is 0 Å². The quantitative estimate of drug-likeness (QED) is 0.127. The van der Waals surface area contributed by atoms with E-state index in [0.29, 0.717) is 0 Å². The molecule has 15 aromatic rings. The molecule has 0 aliphatic carbocycles. The molecule has 0 radical (unpaired) electrons. The van der Waals surface area contributed by atoms with Gasteiger partial charge in [-0.15, -0.1) is 0 Å². The van der Waals surface area contributed by atoms with Gasteiger partial charge >= 0.3 is 0 Å². The van der Waals surface area contributed by atoms with Crippen LogP contribution in [0.1, 0.15) is 0 Å². The SMILES string of the molecule is c1ccc(-c2ccc3c(c2)N(c2c(-c4ccccc4)cccc2-c2ccccc2)c2cc(-c4ccccc4)cc4c2B3c2cc3c(cc2O4)Oc2cc(-c4ccccc4)cc4c2B3c2ccc(-c3ccccc3)cc2N4c2c(-c3ccccc3)cccc2-c2ccccc2)cc1. The lowest BCUT2D eigenvalue weighted by atomic mass is 9.31. The van der Waals surface area contributed by atoms with E-state index < -0.39 is 0 Å². The summed E-state index contributed by atoms with van der Waals surface area (Å²) in [6.45, 7) is -0.525. The molecule has 0 aromatic heterocycles. The van der Waals surface area contributed by atoms with Crippen molar-refractivity contribution in [2.45, 2.75) is 0 Å².